The number of nitrogens with two attached hydrogens (primary N) is 1. The van der Waals surface area contributed by atoms with E-state index in [0.29, 0.717) is 11.1 Å². The average Bonchev–Trinajstić information content (AvgIpc) is 2.44. The smallest absolute Gasteiger partial charge is 0.243 e. The molecule has 0 aromatic heterocycles. The van der Waals surface area contributed by atoms with E-state index in [4.69, 9.17) is 10.5 Å². The van der Waals surface area contributed by atoms with Gasteiger partial charge in [-0.15, -0.1) is 0 Å². The fourth-order valence-electron chi connectivity index (χ4n) is 1.64. The van der Waals surface area contributed by atoms with E-state index in [-0.39, 0.29) is 25.3 Å². The molecule has 120 valence electrons. The minimum absolute atomic E-state index is 0.0755. The molecule has 0 aliphatic rings. The Morgan fingerprint density at radius 2 is 2.10 bits per heavy atom. The number of benzene rings is 1. The Morgan fingerprint density at radius 1 is 1.38 bits per heavy atom. The molecule has 0 saturated carbocycles. The molecule has 0 radical (unpaired) electrons. The third kappa shape index (κ3) is 5.63. The molecule has 0 amide bonds. The van der Waals surface area contributed by atoms with E-state index in [2.05, 4.69) is 20.7 Å². The quantitative estimate of drug-likeness (QED) is 0.641. The molecule has 0 heterocycles. The highest BCUT2D eigenvalue weighted by atomic mass is 79.9. The van der Waals surface area contributed by atoms with Crippen molar-refractivity contribution in [2.24, 2.45) is 5.73 Å². The van der Waals surface area contributed by atoms with Crippen molar-refractivity contribution < 1.29 is 17.5 Å². The van der Waals surface area contributed by atoms with Gasteiger partial charge in [-0.3, -0.25) is 0 Å². The minimum Gasteiger partial charge on any atom is -0.380 e. The zero-order chi connectivity index (χ0) is 15.9. The molecular weight excluding hydrogens is 363 g/mol. The number of rotatable bonds is 9. The van der Waals surface area contributed by atoms with Crippen LogP contribution in [0.4, 0.5) is 4.39 Å². The van der Waals surface area contributed by atoms with Crippen molar-refractivity contribution in [3.05, 3.63) is 28.0 Å². The summed E-state index contributed by atoms with van der Waals surface area (Å²) in [4.78, 5) is -0.411. The number of hydrogen-bond acceptors (Lipinski definition) is 4. The van der Waals surface area contributed by atoms with Gasteiger partial charge < -0.3 is 10.5 Å². The van der Waals surface area contributed by atoms with E-state index in [1.165, 1.54) is 12.1 Å². The lowest BCUT2D eigenvalue weighted by Crippen LogP contribution is -2.28. The molecule has 8 heteroatoms. The number of nitrogens with one attached hydrogen (secondary N) is 1. The van der Waals surface area contributed by atoms with Crippen LogP contribution < -0.4 is 10.5 Å². The first-order valence-corrected chi connectivity index (χ1v) is 8.95. The largest absolute Gasteiger partial charge is 0.380 e. The maximum Gasteiger partial charge on any atom is 0.243 e. The molecule has 0 bridgehead atoms. The van der Waals surface area contributed by atoms with Gasteiger partial charge in [-0.2, -0.15) is 0 Å². The molecule has 1 aromatic rings. The molecule has 0 saturated heterocycles. The van der Waals surface area contributed by atoms with Gasteiger partial charge >= 0.3 is 0 Å². The summed E-state index contributed by atoms with van der Waals surface area (Å²) in [6.45, 7) is 2.89. The highest BCUT2D eigenvalue weighted by molar-refractivity contribution is 9.10. The van der Waals surface area contributed by atoms with Crippen LogP contribution in [0.1, 0.15) is 25.3 Å². The second kappa shape index (κ2) is 8.79. The van der Waals surface area contributed by atoms with Gasteiger partial charge in [0.1, 0.15) is 10.7 Å². The minimum atomic E-state index is -3.93. The molecule has 1 aromatic carbocycles. The van der Waals surface area contributed by atoms with Crippen LogP contribution in [-0.2, 0) is 21.3 Å². The van der Waals surface area contributed by atoms with Crippen LogP contribution in [0.2, 0.25) is 0 Å². The van der Waals surface area contributed by atoms with Crippen molar-refractivity contribution in [2.75, 3.05) is 19.8 Å². The van der Waals surface area contributed by atoms with Crippen molar-refractivity contribution >= 4 is 26.0 Å². The van der Waals surface area contributed by atoms with Gasteiger partial charge in [0, 0.05) is 29.7 Å². The molecule has 0 aliphatic heterocycles. The van der Waals surface area contributed by atoms with E-state index < -0.39 is 20.7 Å². The molecule has 0 aliphatic carbocycles. The predicted octanol–water partition coefficient (Wildman–Crippen LogP) is 2.14. The summed E-state index contributed by atoms with van der Waals surface area (Å²) in [6.07, 6.45) is 1.93. The lowest BCUT2D eigenvalue weighted by atomic mass is 10.2. The Balaban J connectivity index is 2.72. The number of ether oxygens (including phenoxy) is 1. The second-order valence-electron chi connectivity index (χ2n) is 4.44. The third-order valence-corrected chi connectivity index (χ3v) is 4.69. The Hall–Kier alpha value is -0.540. The van der Waals surface area contributed by atoms with Gasteiger partial charge in [0.05, 0.1) is 6.61 Å². The molecule has 21 heavy (non-hydrogen) atoms. The maximum atomic E-state index is 14.1. The van der Waals surface area contributed by atoms with E-state index in [1.54, 1.807) is 0 Å². The summed E-state index contributed by atoms with van der Waals surface area (Å²) in [5.41, 5.74) is 5.55. The van der Waals surface area contributed by atoms with Gasteiger partial charge in [0.15, 0.2) is 0 Å². The standard InChI is InChI=1S/C13H20BrFN2O3S/c1-2-3-5-20-6-4-17-21(18,19)12-8-11(14)7-10(9-16)13(12)15/h7-8,17H,2-6,9,16H2,1H3. The summed E-state index contributed by atoms with van der Waals surface area (Å²) in [5, 5.41) is 0. The Labute approximate surface area is 133 Å². The molecule has 0 spiro atoms. The maximum absolute atomic E-state index is 14.1. The van der Waals surface area contributed by atoms with Crippen LogP contribution in [0.25, 0.3) is 0 Å². The van der Waals surface area contributed by atoms with E-state index in [1.807, 2.05) is 6.92 Å². The summed E-state index contributed by atoms with van der Waals surface area (Å²) in [6, 6.07) is 2.68. The Morgan fingerprint density at radius 3 is 2.71 bits per heavy atom. The van der Waals surface area contributed by atoms with Gasteiger partial charge in [0.2, 0.25) is 10.0 Å². The number of hydrogen-bond donors (Lipinski definition) is 2. The summed E-state index contributed by atoms with van der Waals surface area (Å²) in [5.74, 6) is -0.819. The molecule has 0 unspecified atom stereocenters. The number of halogens is 2. The van der Waals surface area contributed by atoms with Crippen LogP contribution in [0, 0.1) is 5.82 Å². The third-order valence-electron chi connectivity index (χ3n) is 2.77. The normalized spacial score (nSPS) is 11.8. The van der Waals surface area contributed by atoms with Gasteiger partial charge in [-0.1, -0.05) is 29.3 Å². The molecule has 0 fully saturated rings. The predicted molar refractivity (Wildman–Crippen MR) is 82.9 cm³/mol. The lowest BCUT2D eigenvalue weighted by molar-refractivity contribution is 0.136. The first-order valence-electron chi connectivity index (χ1n) is 6.67. The Bertz CT molecular complexity index is 567. The number of unbranched alkanes of at least 4 members (excludes halogenated alkanes) is 1. The number of sulfonamides is 1. The fourth-order valence-corrected chi connectivity index (χ4v) is 3.45. The van der Waals surface area contributed by atoms with E-state index in [9.17, 15) is 12.8 Å². The van der Waals surface area contributed by atoms with Crippen LogP contribution in [0.3, 0.4) is 0 Å². The van der Waals surface area contributed by atoms with Crippen LogP contribution in [-0.4, -0.2) is 28.2 Å². The first-order chi connectivity index (χ1) is 9.92. The van der Waals surface area contributed by atoms with Crippen LogP contribution in [0.5, 0.6) is 0 Å². The van der Waals surface area contributed by atoms with Crippen LogP contribution >= 0.6 is 15.9 Å². The van der Waals surface area contributed by atoms with Crippen molar-refractivity contribution in [1.82, 2.24) is 4.72 Å². The average molecular weight is 383 g/mol. The zero-order valence-electron chi connectivity index (χ0n) is 11.9. The monoisotopic (exact) mass is 382 g/mol. The fraction of sp³-hybridized carbons (Fsp3) is 0.538. The highest BCUT2D eigenvalue weighted by Gasteiger charge is 2.21. The van der Waals surface area contributed by atoms with Gasteiger partial charge in [-0.25, -0.2) is 17.5 Å². The van der Waals surface area contributed by atoms with Crippen molar-refractivity contribution in [3.8, 4) is 0 Å². The van der Waals surface area contributed by atoms with Crippen LogP contribution in [0.15, 0.2) is 21.5 Å². The van der Waals surface area contributed by atoms with E-state index in [0.717, 1.165) is 12.8 Å². The van der Waals surface area contributed by atoms with Crippen molar-refractivity contribution in [1.29, 1.82) is 0 Å². The molecule has 1 rings (SSSR count). The molecular formula is C13H20BrFN2O3S. The first kappa shape index (κ1) is 18.5. The lowest BCUT2D eigenvalue weighted by Gasteiger charge is -2.11. The van der Waals surface area contributed by atoms with Gasteiger partial charge in [0.25, 0.3) is 0 Å². The topological polar surface area (TPSA) is 81.4 Å². The highest BCUT2D eigenvalue weighted by Crippen LogP contribution is 2.23. The second-order valence-corrected chi connectivity index (χ2v) is 7.10. The van der Waals surface area contributed by atoms with Crippen molar-refractivity contribution in [3.63, 3.8) is 0 Å². The van der Waals surface area contributed by atoms with Crippen molar-refractivity contribution in [2.45, 2.75) is 31.2 Å². The summed E-state index contributed by atoms with van der Waals surface area (Å²) < 4.78 is 46.3. The summed E-state index contributed by atoms with van der Waals surface area (Å²) >= 11 is 3.15. The SMILES string of the molecule is CCCCOCCNS(=O)(=O)c1cc(Br)cc(CN)c1F. The molecule has 3 N–H and O–H groups in total. The summed E-state index contributed by atoms with van der Waals surface area (Å²) in [7, 11) is -3.93. The Kier molecular flexibility index (Phi) is 7.75. The molecule has 0 atom stereocenters. The van der Waals surface area contributed by atoms with Gasteiger partial charge in [-0.05, 0) is 18.6 Å². The molecule has 5 nitrogen and oxygen atoms in total. The van der Waals surface area contributed by atoms with E-state index >= 15 is 0 Å². The zero-order valence-corrected chi connectivity index (χ0v) is 14.3.